The molecule has 2 aromatic carbocycles. The smallest absolute Gasteiger partial charge is 0.199 e. The van der Waals surface area contributed by atoms with Gasteiger partial charge in [-0.1, -0.05) is 61.7 Å². The van der Waals surface area contributed by atoms with E-state index in [1.807, 2.05) is 0 Å². The van der Waals surface area contributed by atoms with Gasteiger partial charge in [-0.15, -0.1) is 0 Å². The molecule has 3 nitrogen and oxygen atoms in total. The predicted molar refractivity (Wildman–Crippen MR) is 105 cm³/mol. The molecule has 130 valence electrons. The van der Waals surface area contributed by atoms with Crippen molar-refractivity contribution in [3.05, 3.63) is 65.7 Å². The Kier molecular flexibility index (Phi) is 5.01. The number of guanidine groups is 1. The van der Waals surface area contributed by atoms with Crippen molar-refractivity contribution in [2.24, 2.45) is 4.99 Å². The van der Waals surface area contributed by atoms with Crippen LogP contribution >= 0.6 is 0 Å². The maximum absolute atomic E-state index is 5.16. The zero-order valence-electron chi connectivity index (χ0n) is 14.8. The SMILES string of the molecule is c1ccc(NC(=NC2CCCCC2)N2CCc3ccccc3C2)cc1. The van der Waals surface area contributed by atoms with Gasteiger partial charge in [-0.25, -0.2) is 4.99 Å². The predicted octanol–water partition coefficient (Wildman–Crippen LogP) is 4.85. The van der Waals surface area contributed by atoms with Crippen LogP contribution in [0.15, 0.2) is 59.6 Å². The van der Waals surface area contributed by atoms with Gasteiger partial charge in [-0.2, -0.15) is 0 Å². The molecule has 1 aliphatic carbocycles. The minimum Gasteiger partial charge on any atom is -0.338 e. The van der Waals surface area contributed by atoms with E-state index in [1.54, 1.807) is 0 Å². The normalized spacial score (nSPS) is 18.7. The molecule has 3 heteroatoms. The number of nitrogens with one attached hydrogen (secondary N) is 1. The van der Waals surface area contributed by atoms with E-state index < -0.39 is 0 Å². The van der Waals surface area contributed by atoms with Crippen LogP contribution in [-0.4, -0.2) is 23.4 Å². The summed E-state index contributed by atoms with van der Waals surface area (Å²) in [6, 6.07) is 19.7. The number of para-hydroxylation sites is 1. The molecule has 1 aliphatic heterocycles. The zero-order chi connectivity index (χ0) is 16.9. The van der Waals surface area contributed by atoms with Crippen molar-refractivity contribution in [2.45, 2.75) is 51.1 Å². The Bertz CT molecular complexity index is 717. The van der Waals surface area contributed by atoms with E-state index in [-0.39, 0.29) is 0 Å². The monoisotopic (exact) mass is 333 g/mol. The fourth-order valence-electron chi connectivity index (χ4n) is 3.90. The number of fused-ring (bicyclic) bond motifs is 1. The zero-order valence-corrected chi connectivity index (χ0v) is 14.8. The Morgan fingerprint density at radius 2 is 1.60 bits per heavy atom. The van der Waals surface area contributed by atoms with Crippen molar-refractivity contribution < 1.29 is 0 Å². The lowest BCUT2D eigenvalue weighted by Gasteiger charge is -2.33. The van der Waals surface area contributed by atoms with Gasteiger partial charge >= 0.3 is 0 Å². The molecule has 0 aromatic heterocycles. The lowest BCUT2D eigenvalue weighted by atomic mass is 9.96. The standard InChI is InChI=1S/C22H27N3/c1-3-11-20(12-4-1)23-22(24-21-13-5-2-6-14-21)25-16-15-18-9-7-8-10-19(18)17-25/h1,3-4,7-12,21H,2,5-6,13-17H2,(H,23,24). The molecule has 1 saturated carbocycles. The maximum Gasteiger partial charge on any atom is 0.199 e. The molecule has 0 atom stereocenters. The summed E-state index contributed by atoms with van der Waals surface area (Å²) in [6.45, 7) is 1.98. The molecular weight excluding hydrogens is 306 g/mol. The fourth-order valence-corrected chi connectivity index (χ4v) is 3.90. The van der Waals surface area contributed by atoms with E-state index in [9.17, 15) is 0 Å². The summed E-state index contributed by atoms with van der Waals surface area (Å²) in [5.74, 6) is 1.05. The maximum atomic E-state index is 5.16. The first-order chi connectivity index (χ1) is 12.4. The van der Waals surface area contributed by atoms with Crippen LogP contribution in [0.2, 0.25) is 0 Å². The molecule has 2 aromatic rings. The highest BCUT2D eigenvalue weighted by Gasteiger charge is 2.21. The summed E-state index contributed by atoms with van der Waals surface area (Å²) in [5, 5.41) is 3.60. The summed E-state index contributed by atoms with van der Waals surface area (Å²) in [7, 11) is 0. The van der Waals surface area contributed by atoms with Gasteiger partial charge in [0.05, 0.1) is 6.04 Å². The van der Waals surface area contributed by atoms with Crippen LogP contribution in [0.4, 0.5) is 5.69 Å². The van der Waals surface area contributed by atoms with Crippen LogP contribution in [0.3, 0.4) is 0 Å². The average molecular weight is 333 g/mol. The largest absolute Gasteiger partial charge is 0.338 e. The molecule has 0 radical (unpaired) electrons. The van der Waals surface area contributed by atoms with Crippen LogP contribution in [0, 0.1) is 0 Å². The number of anilines is 1. The fraction of sp³-hybridized carbons (Fsp3) is 0.409. The van der Waals surface area contributed by atoms with Gasteiger partial charge in [0, 0.05) is 18.8 Å². The quantitative estimate of drug-likeness (QED) is 0.629. The molecule has 0 bridgehead atoms. The molecule has 1 N–H and O–H groups in total. The van der Waals surface area contributed by atoms with Gasteiger partial charge in [0.2, 0.25) is 0 Å². The van der Waals surface area contributed by atoms with E-state index in [0.29, 0.717) is 6.04 Å². The van der Waals surface area contributed by atoms with E-state index >= 15 is 0 Å². The van der Waals surface area contributed by atoms with Gasteiger partial charge < -0.3 is 10.2 Å². The number of aliphatic imine (C=N–C) groups is 1. The molecule has 25 heavy (non-hydrogen) atoms. The van der Waals surface area contributed by atoms with Crippen LogP contribution < -0.4 is 5.32 Å². The average Bonchev–Trinajstić information content (AvgIpc) is 2.69. The number of nitrogens with zero attached hydrogens (tertiary/aromatic N) is 2. The van der Waals surface area contributed by atoms with Gasteiger partial charge in [0.25, 0.3) is 0 Å². The Balaban J connectivity index is 1.57. The van der Waals surface area contributed by atoms with E-state index in [2.05, 4.69) is 64.8 Å². The Morgan fingerprint density at radius 3 is 2.40 bits per heavy atom. The second-order valence-corrected chi connectivity index (χ2v) is 7.18. The third kappa shape index (κ3) is 4.04. The second kappa shape index (κ2) is 7.73. The molecule has 0 spiro atoms. The van der Waals surface area contributed by atoms with Gasteiger partial charge in [-0.3, -0.25) is 0 Å². The van der Waals surface area contributed by atoms with Crippen LogP contribution in [0.25, 0.3) is 0 Å². The first kappa shape index (κ1) is 16.2. The minimum atomic E-state index is 0.470. The Morgan fingerprint density at radius 1 is 0.880 bits per heavy atom. The molecular formula is C22H27N3. The van der Waals surface area contributed by atoms with Crippen molar-refractivity contribution in [3.63, 3.8) is 0 Å². The molecule has 0 amide bonds. The van der Waals surface area contributed by atoms with E-state index in [1.165, 1.54) is 43.2 Å². The molecule has 0 saturated heterocycles. The van der Waals surface area contributed by atoms with E-state index in [0.717, 1.165) is 31.2 Å². The van der Waals surface area contributed by atoms with E-state index in [4.69, 9.17) is 4.99 Å². The lowest BCUT2D eigenvalue weighted by Crippen LogP contribution is -2.41. The highest BCUT2D eigenvalue weighted by molar-refractivity contribution is 5.94. The summed E-state index contributed by atoms with van der Waals surface area (Å²) < 4.78 is 0. The summed E-state index contributed by atoms with van der Waals surface area (Å²) in [6.07, 6.45) is 7.54. The van der Waals surface area contributed by atoms with Crippen molar-refractivity contribution >= 4 is 11.6 Å². The minimum absolute atomic E-state index is 0.470. The number of hydrogen-bond donors (Lipinski definition) is 1. The Labute approximate surface area is 150 Å². The third-order valence-electron chi connectivity index (χ3n) is 5.34. The highest BCUT2D eigenvalue weighted by Crippen LogP contribution is 2.23. The number of hydrogen-bond acceptors (Lipinski definition) is 1. The molecule has 2 aliphatic rings. The lowest BCUT2D eigenvalue weighted by molar-refractivity contribution is 0.380. The van der Waals surface area contributed by atoms with Crippen molar-refractivity contribution in [1.82, 2.24) is 4.90 Å². The van der Waals surface area contributed by atoms with Crippen molar-refractivity contribution in [2.75, 3.05) is 11.9 Å². The first-order valence-corrected chi connectivity index (χ1v) is 9.60. The second-order valence-electron chi connectivity index (χ2n) is 7.18. The first-order valence-electron chi connectivity index (χ1n) is 9.60. The van der Waals surface area contributed by atoms with Crippen LogP contribution in [0.5, 0.6) is 0 Å². The summed E-state index contributed by atoms with van der Waals surface area (Å²) in [4.78, 5) is 7.58. The van der Waals surface area contributed by atoms with Crippen molar-refractivity contribution in [1.29, 1.82) is 0 Å². The molecule has 1 heterocycles. The van der Waals surface area contributed by atoms with Crippen LogP contribution in [-0.2, 0) is 13.0 Å². The topological polar surface area (TPSA) is 27.6 Å². The van der Waals surface area contributed by atoms with Gasteiger partial charge in [0.1, 0.15) is 0 Å². The molecule has 0 unspecified atom stereocenters. The summed E-state index contributed by atoms with van der Waals surface area (Å²) >= 11 is 0. The summed E-state index contributed by atoms with van der Waals surface area (Å²) in [5.41, 5.74) is 4.03. The highest BCUT2D eigenvalue weighted by atomic mass is 15.3. The Hall–Kier alpha value is -2.29. The van der Waals surface area contributed by atoms with Gasteiger partial charge in [-0.05, 0) is 42.5 Å². The molecule has 4 rings (SSSR count). The number of benzene rings is 2. The molecule has 1 fully saturated rings. The van der Waals surface area contributed by atoms with Gasteiger partial charge in [0.15, 0.2) is 5.96 Å². The van der Waals surface area contributed by atoms with Crippen molar-refractivity contribution in [3.8, 4) is 0 Å². The van der Waals surface area contributed by atoms with Crippen LogP contribution in [0.1, 0.15) is 43.2 Å². The number of rotatable bonds is 2. The third-order valence-corrected chi connectivity index (χ3v) is 5.34.